The zero-order valence-electron chi connectivity index (χ0n) is 9.11. The van der Waals surface area contributed by atoms with Crippen LogP contribution >= 0.6 is 11.6 Å². The van der Waals surface area contributed by atoms with Gasteiger partial charge < -0.3 is 0 Å². The quantitative estimate of drug-likeness (QED) is 0.669. The van der Waals surface area contributed by atoms with Crippen LogP contribution in [0.2, 0.25) is 5.02 Å². The minimum atomic E-state index is -0.465. The molecule has 2 aromatic heterocycles. The molecule has 3 aromatic rings. The van der Waals surface area contributed by atoms with E-state index in [2.05, 4.69) is 4.98 Å². The Balaban J connectivity index is 2.42. The van der Waals surface area contributed by atoms with Crippen molar-refractivity contribution in [2.75, 3.05) is 5.73 Å². The first-order chi connectivity index (χ1) is 8.56. The Morgan fingerprint density at radius 1 is 1.33 bits per heavy atom. The van der Waals surface area contributed by atoms with Gasteiger partial charge >= 0.3 is 113 Å². The van der Waals surface area contributed by atoms with E-state index in [-0.39, 0.29) is 14.5 Å². The molecule has 0 saturated carbocycles. The summed E-state index contributed by atoms with van der Waals surface area (Å²) in [7, 11) is 0. The molecular weight excluding hydrogens is 317 g/mol. The zero-order chi connectivity index (χ0) is 12.9. The molecule has 0 atom stereocenters. The number of hydrogen-bond donors (Lipinski definition) is 2. The second-order valence-corrected chi connectivity index (χ2v) is 6.42. The summed E-state index contributed by atoms with van der Waals surface area (Å²) < 4.78 is 1.33. The summed E-state index contributed by atoms with van der Waals surface area (Å²) in [5.41, 5.74) is 12.5. The summed E-state index contributed by atoms with van der Waals surface area (Å²) >= 11 is 5.71. The summed E-state index contributed by atoms with van der Waals surface area (Å²) in [4.78, 5) is 15.8. The number of primary amides is 1. The van der Waals surface area contributed by atoms with E-state index in [0.717, 1.165) is 20.7 Å². The molecule has 6 heteroatoms. The van der Waals surface area contributed by atoms with Gasteiger partial charge in [-0.1, -0.05) is 0 Å². The van der Waals surface area contributed by atoms with Gasteiger partial charge in [-0.2, -0.15) is 0 Å². The van der Waals surface area contributed by atoms with Gasteiger partial charge in [0.15, 0.2) is 0 Å². The maximum absolute atomic E-state index is 11.3. The molecule has 0 aliphatic rings. The number of nitrogen functional groups attached to an aromatic ring is 1. The van der Waals surface area contributed by atoms with E-state index in [1.165, 1.54) is 0 Å². The maximum atomic E-state index is 11.3. The molecule has 0 aliphatic heterocycles. The number of anilines is 1. The Labute approximate surface area is 113 Å². The van der Waals surface area contributed by atoms with Crippen molar-refractivity contribution in [3.8, 4) is 0 Å². The van der Waals surface area contributed by atoms with Crippen LogP contribution in [-0.4, -0.2) is 25.4 Å². The molecule has 0 saturated heterocycles. The van der Waals surface area contributed by atoms with Crippen molar-refractivity contribution in [3.63, 3.8) is 0 Å². The first-order valence-corrected chi connectivity index (χ1v) is 7.23. The number of amides is 1. The number of halogens is 1. The van der Waals surface area contributed by atoms with Gasteiger partial charge in [0, 0.05) is 0 Å². The van der Waals surface area contributed by atoms with E-state index in [4.69, 9.17) is 23.1 Å². The van der Waals surface area contributed by atoms with Crippen LogP contribution in [-0.2, 0) is 0 Å². The number of hydrogen-bond acceptors (Lipinski definition) is 3. The summed E-state index contributed by atoms with van der Waals surface area (Å²) in [6, 6.07) is 7.41. The van der Waals surface area contributed by atoms with Crippen LogP contribution in [0.15, 0.2) is 24.3 Å². The first-order valence-electron chi connectivity index (χ1n) is 5.14. The molecular formula is C12H8ClN3OSe. The molecule has 3 rings (SSSR count). The third-order valence-corrected chi connectivity index (χ3v) is 5.31. The Morgan fingerprint density at radius 3 is 2.83 bits per heavy atom. The first kappa shape index (κ1) is 11.5. The summed E-state index contributed by atoms with van der Waals surface area (Å²) in [5, 5.41) is 2.40. The molecule has 2 heterocycles. The van der Waals surface area contributed by atoms with E-state index in [9.17, 15) is 4.79 Å². The van der Waals surface area contributed by atoms with E-state index >= 15 is 0 Å². The van der Waals surface area contributed by atoms with Crippen molar-refractivity contribution in [2.24, 2.45) is 5.73 Å². The van der Waals surface area contributed by atoms with Gasteiger partial charge in [-0.3, -0.25) is 0 Å². The van der Waals surface area contributed by atoms with Crippen molar-refractivity contribution in [3.05, 3.63) is 33.7 Å². The number of fused-ring (bicyclic) bond motifs is 2. The topological polar surface area (TPSA) is 82.0 Å². The van der Waals surface area contributed by atoms with Crippen molar-refractivity contribution in [1.82, 2.24) is 4.98 Å². The fourth-order valence-corrected chi connectivity index (χ4v) is 3.98. The zero-order valence-corrected chi connectivity index (χ0v) is 11.6. The number of carbonyl (C=O) groups is 1. The molecule has 0 fully saturated rings. The number of nitrogens with two attached hydrogens (primary N) is 2. The fraction of sp³-hybridized carbons (Fsp3) is 0. The molecule has 0 spiro atoms. The van der Waals surface area contributed by atoms with Gasteiger partial charge in [0.1, 0.15) is 0 Å². The van der Waals surface area contributed by atoms with Crippen LogP contribution in [0.25, 0.3) is 20.7 Å². The Hall–Kier alpha value is -1.55. The average molecular weight is 325 g/mol. The second kappa shape index (κ2) is 3.99. The van der Waals surface area contributed by atoms with Gasteiger partial charge in [0.2, 0.25) is 0 Å². The third kappa shape index (κ3) is 1.68. The van der Waals surface area contributed by atoms with Crippen LogP contribution in [0, 0.1) is 0 Å². The molecule has 4 nitrogen and oxygen atoms in total. The average Bonchev–Trinajstić information content (AvgIpc) is 2.64. The van der Waals surface area contributed by atoms with Gasteiger partial charge in [-0.15, -0.1) is 0 Å². The number of carbonyl (C=O) groups excluding carboxylic acids is 1. The molecule has 18 heavy (non-hydrogen) atoms. The molecule has 90 valence electrons. The molecule has 0 bridgehead atoms. The summed E-state index contributed by atoms with van der Waals surface area (Å²) in [5.74, 6) is -0.465. The monoisotopic (exact) mass is 325 g/mol. The van der Waals surface area contributed by atoms with Gasteiger partial charge in [0.05, 0.1) is 0 Å². The Bertz CT molecular complexity index is 797. The van der Waals surface area contributed by atoms with Crippen molar-refractivity contribution in [2.45, 2.75) is 0 Å². The summed E-state index contributed by atoms with van der Waals surface area (Å²) in [6.45, 7) is 0. The van der Waals surface area contributed by atoms with E-state index in [1.54, 1.807) is 12.1 Å². The van der Waals surface area contributed by atoms with Crippen LogP contribution in [0.5, 0.6) is 0 Å². The SMILES string of the molecule is NC(=O)c1[se]c2nc3cc(Cl)ccc3cc2c1N. The predicted molar refractivity (Wildman–Crippen MR) is 74.1 cm³/mol. The number of benzene rings is 1. The minimum absolute atomic E-state index is 0.220. The van der Waals surface area contributed by atoms with Gasteiger partial charge in [-0.25, -0.2) is 0 Å². The molecule has 0 unspecified atom stereocenters. The molecule has 4 N–H and O–H groups in total. The van der Waals surface area contributed by atoms with E-state index in [1.807, 2.05) is 12.1 Å². The normalized spacial score (nSPS) is 11.2. The van der Waals surface area contributed by atoms with Crippen LogP contribution < -0.4 is 11.5 Å². The predicted octanol–water partition coefficient (Wildman–Crippen LogP) is 1.78. The van der Waals surface area contributed by atoms with Crippen molar-refractivity contribution in [1.29, 1.82) is 0 Å². The summed E-state index contributed by atoms with van der Waals surface area (Å²) in [6.07, 6.45) is 0. The Morgan fingerprint density at radius 2 is 2.11 bits per heavy atom. The number of pyridine rings is 1. The number of rotatable bonds is 1. The van der Waals surface area contributed by atoms with Crippen molar-refractivity contribution < 1.29 is 4.79 Å². The standard InChI is InChI=1S/C12H8ClN3OSe/c13-6-2-1-5-3-7-9(14)10(11(15)17)18-12(7)16-8(5)4-6/h1-4H,14H2,(H2,15,17). The van der Waals surface area contributed by atoms with Crippen molar-refractivity contribution >= 4 is 58.4 Å². The number of nitrogens with zero attached hydrogens (tertiary/aromatic N) is 1. The van der Waals surface area contributed by atoms with E-state index in [0.29, 0.717) is 15.1 Å². The van der Waals surface area contributed by atoms with Crippen LogP contribution in [0.4, 0.5) is 5.69 Å². The molecule has 1 aromatic carbocycles. The molecule has 0 radical (unpaired) electrons. The van der Waals surface area contributed by atoms with Gasteiger partial charge in [-0.05, 0) is 0 Å². The van der Waals surface area contributed by atoms with E-state index < -0.39 is 5.91 Å². The van der Waals surface area contributed by atoms with Gasteiger partial charge in [0.25, 0.3) is 0 Å². The number of aromatic nitrogens is 1. The van der Waals surface area contributed by atoms with Crippen LogP contribution in [0.3, 0.4) is 0 Å². The molecule has 0 aliphatic carbocycles. The van der Waals surface area contributed by atoms with Crippen LogP contribution in [0.1, 0.15) is 9.23 Å². The molecule has 1 amide bonds. The fourth-order valence-electron chi connectivity index (χ4n) is 1.85. The Kier molecular flexibility index (Phi) is 2.55. The second-order valence-electron chi connectivity index (χ2n) is 3.89. The third-order valence-electron chi connectivity index (χ3n) is 2.70.